The molecule has 4 rings (SSSR count). The minimum atomic E-state index is -4.02. The molecule has 1 unspecified atom stereocenters. The van der Waals surface area contributed by atoms with Crippen LogP contribution in [0, 0.1) is 6.92 Å². The molecule has 1 amide bonds. The van der Waals surface area contributed by atoms with Crippen LogP contribution in [0.4, 0.5) is 5.69 Å². The van der Waals surface area contributed by atoms with E-state index < -0.39 is 21.5 Å². The van der Waals surface area contributed by atoms with E-state index >= 15 is 0 Å². The van der Waals surface area contributed by atoms with Crippen molar-refractivity contribution in [2.75, 3.05) is 10.8 Å². The third-order valence-corrected chi connectivity index (χ3v) is 7.73. The summed E-state index contributed by atoms with van der Waals surface area (Å²) in [4.78, 5) is 13.3. The molecule has 0 radical (unpaired) electrons. The Hall–Kier alpha value is -3.03. The van der Waals surface area contributed by atoms with E-state index in [0.717, 1.165) is 15.4 Å². The number of benzene rings is 3. The maximum Gasteiger partial charge on any atom is 0.264 e. The molecule has 3 aromatic carbocycles. The van der Waals surface area contributed by atoms with E-state index in [2.05, 4.69) is 5.32 Å². The van der Waals surface area contributed by atoms with E-state index in [4.69, 9.17) is 16.3 Å². The fourth-order valence-corrected chi connectivity index (χ4v) is 5.67. The number of carbonyl (C=O) groups is 1. The maximum absolute atomic E-state index is 13.6. The summed E-state index contributed by atoms with van der Waals surface area (Å²) in [6.07, 6.45) is 0.560. The molecule has 178 valence electrons. The lowest BCUT2D eigenvalue weighted by molar-refractivity contribution is -0.120. The number of rotatable bonds is 6. The smallest absolute Gasteiger partial charge is 0.264 e. The highest BCUT2D eigenvalue weighted by Crippen LogP contribution is 2.39. The Labute approximate surface area is 205 Å². The quantitative estimate of drug-likeness (QED) is 0.503. The second-order valence-corrected chi connectivity index (χ2v) is 11.3. The van der Waals surface area contributed by atoms with Crippen molar-refractivity contribution in [3.63, 3.8) is 0 Å². The highest BCUT2D eigenvalue weighted by Gasteiger charge is 2.35. The average Bonchev–Trinajstić information content (AvgIpc) is 2.77. The summed E-state index contributed by atoms with van der Waals surface area (Å²) in [6.45, 7) is 5.43. The van der Waals surface area contributed by atoms with Crippen LogP contribution < -0.4 is 14.4 Å². The number of nitrogens with one attached hydrogen (secondary N) is 1. The largest absolute Gasteiger partial charge is 0.487 e. The van der Waals surface area contributed by atoms with Gasteiger partial charge >= 0.3 is 0 Å². The zero-order chi connectivity index (χ0) is 24.5. The zero-order valence-electron chi connectivity index (χ0n) is 19.3. The van der Waals surface area contributed by atoms with Crippen molar-refractivity contribution >= 4 is 33.2 Å². The van der Waals surface area contributed by atoms with Gasteiger partial charge in [0.05, 0.1) is 16.6 Å². The molecule has 0 fully saturated rings. The highest BCUT2D eigenvalue weighted by molar-refractivity contribution is 7.92. The minimum absolute atomic E-state index is 0.0590. The standard InChI is InChI=1S/C26H27ClN2O4S/c1-18-7-6-8-20(15-18)29(34(31,32)21-13-11-19(27)12-14-21)17-25(30)28-23-16-26(2,3)33-24-10-5-4-9-22(23)24/h4-15,23H,16-17H2,1-3H3,(H,28,30). The van der Waals surface area contributed by atoms with Crippen molar-refractivity contribution in [1.29, 1.82) is 0 Å². The van der Waals surface area contributed by atoms with Crippen molar-refractivity contribution < 1.29 is 17.9 Å². The van der Waals surface area contributed by atoms with Crippen molar-refractivity contribution in [2.45, 2.75) is 43.7 Å². The summed E-state index contributed by atoms with van der Waals surface area (Å²) in [6, 6.07) is 20.2. The van der Waals surface area contributed by atoms with Gasteiger partial charge in [0.15, 0.2) is 0 Å². The fraction of sp³-hybridized carbons (Fsp3) is 0.269. The van der Waals surface area contributed by atoms with Gasteiger partial charge in [0.25, 0.3) is 10.0 Å². The first-order valence-electron chi connectivity index (χ1n) is 11.0. The number of halogens is 1. The van der Waals surface area contributed by atoms with Crippen LogP contribution in [0.25, 0.3) is 0 Å². The lowest BCUT2D eigenvalue weighted by Gasteiger charge is -2.38. The van der Waals surface area contributed by atoms with Crippen molar-refractivity contribution in [1.82, 2.24) is 5.32 Å². The number of amides is 1. The van der Waals surface area contributed by atoms with Gasteiger partial charge in [-0.3, -0.25) is 9.10 Å². The van der Waals surface area contributed by atoms with Gasteiger partial charge in [-0.25, -0.2) is 8.42 Å². The van der Waals surface area contributed by atoms with E-state index in [1.165, 1.54) is 24.3 Å². The monoisotopic (exact) mass is 498 g/mol. The van der Waals surface area contributed by atoms with E-state index in [1.807, 2.05) is 51.1 Å². The summed E-state index contributed by atoms with van der Waals surface area (Å²) in [5.41, 5.74) is 1.70. The number of hydrogen-bond donors (Lipinski definition) is 1. The van der Waals surface area contributed by atoms with Gasteiger partial charge < -0.3 is 10.1 Å². The number of para-hydroxylation sites is 1. The van der Waals surface area contributed by atoms with Crippen LogP contribution in [-0.4, -0.2) is 26.5 Å². The predicted octanol–water partition coefficient (Wildman–Crippen LogP) is 5.26. The van der Waals surface area contributed by atoms with Crippen LogP contribution in [0.3, 0.4) is 0 Å². The van der Waals surface area contributed by atoms with Gasteiger partial charge in [-0.15, -0.1) is 0 Å². The topological polar surface area (TPSA) is 75.7 Å². The molecule has 0 saturated heterocycles. The number of anilines is 1. The predicted molar refractivity (Wildman–Crippen MR) is 134 cm³/mol. The normalized spacial score (nSPS) is 16.8. The summed E-state index contributed by atoms with van der Waals surface area (Å²) in [5, 5.41) is 3.46. The lowest BCUT2D eigenvalue weighted by atomic mass is 9.89. The number of hydrogen-bond acceptors (Lipinski definition) is 4. The number of sulfonamides is 1. The summed E-state index contributed by atoms with van der Waals surface area (Å²) in [7, 11) is -4.02. The summed E-state index contributed by atoms with van der Waals surface area (Å²) < 4.78 is 34.3. The van der Waals surface area contributed by atoms with Crippen LogP contribution >= 0.6 is 11.6 Å². The van der Waals surface area contributed by atoms with E-state index in [9.17, 15) is 13.2 Å². The average molecular weight is 499 g/mol. The van der Waals surface area contributed by atoms with Gasteiger partial charge in [-0.2, -0.15) is 0 Å². The summed E-state index contributed by atoms with van der Waals surface area (Å²) >= 11 is 5.95. The molecule has 1 heterocycles. The Bertz CT molecular complexity index is 1310. The van der Waals surface area contributed by atoms with Crippen LogP contribution in [0.15, 0.2) is 77.7 Å². The Kier molecular flexibility index (Phi) is 6.60. The molecule has 34 heavy (non-hydrogen) atoms. The van der Waals surface area contributed by atoms with E-state index in [-0.39, 0.29) is 17.5 Å². The number of ether oxygens (including phenoxy) is 1. The molecule has 1 N–H and O–H groups in total. The first-order valence-corrected chi connectivity index (χ1v) is 12.8. The van der Waals surface area contributed by atoms with Gasteiger partial charge in [0.1, 0.15) is 17.9 Å². The van der Waals surface area contributed by atoms with Crippen molar-refractivity contribution in [3.05, 3.63) is 88.9 Å². The van der Waals surface area contributed by atoms with E-state index in [1.54, 1.807) is 18.2 Å². The third kappa shape index (κ3) is 5.21. The van der Waals surface area contributed by atoms with Crippen LogP contribution in [0.2, 0.25) is 5.02 Å². The molecule has 1 aliphatic rings. The molecule has 0 saturated carbocycles. The molecule has 1 aliphatic heterocycles. The summed E-state index contributed by atoms with van der Waals surface area (Å²) in [5.74, 6) is 0.310. The minimum Gasteiger partial charge on any atom is -0.487 e. The molecular weight excluding hydrogens is 472 g/mol. The molecule has 0 aromatic heterocycles. The molecule has 0 spiro atoms. The molecule has 3 aromatic rings. The Morgan fingerprint density at radius 1 is 1.09 bits per heavy atom. The van der Waals surface area contributed by atoms with Crippen LogP contribution in [0.1, 0.15) is 37.4 Å². The number of nitrogens with zero attached hydrogens (tertiary/aromatic N) is 1. The second kappa shape index (κ2) is 9.31. The highest BCUT2D eigenvalue weighted by atomic mass is 35.5. The van der Waals surface area contributed by atoms with Gasteiger partial charge in [0.2, 0.25) is 5.91 Å². The number of carbonyl (C=O) groups excluding carboxylic acids is 1. The molecule has 8 heteroatoms. The fourth-order valence-electron chi connectivity index (χ4n) is 4.13. The van der Waals surface area contributed by atoms with Gasteiger partial charge in [0, 0.05) is 17.0 Å². The Balaban J connectivity index is 1.65. The SMILES string of the molecule is Cc1cccc(N(CC(=O)NC2CC(C)(C)Oc3ccccc32)S(=O)(=O)c2ccc(Cl)cc2)c1. The first-order chi connectivity index (χ1) is 16.0. The van der Waals surface area contributed by atoms with Crippen LogP contribution in [-0.2, 0) is 14.8 Å². The Morgan fingerprint density at radius 2 is 1.79 bits per heavy atom. The Morgan fingerprint density at radius 3 is 2.50 bits per heavy atom. The van der Waals surface area contributed by atoms with Gasteiger partial charge in [-0.1, -0.05) is 41.9 Å². The lowest BCUT2D eigenvalue weighted by Crippen LogP contribution is -2.45. The van der Waals surface area contributed by atoms with Crippen LogP contribution in [0.5, 0.6) is 5.75 Å². The number of aryl methyl sites for hydroxylation is 1. The van der Waals surface area contributed by atoms with Crippen molar-refractivity contribution in [3.8, 4) is 5.75 Å². The molecule has 1 atom stereocenters. The van der Waals surface area contributed by atoms with E-state index in [0.29, 0.717) is 22.9 Å². The molecular formula is C26H27ClN2O4S. The van der Waals surface area contributed by atoms with Gasteiger partial charge in [-0.05, 0) is 68.8 Å². The first kappa shape index (κ1) is 24.1. The molecule has 0 bridgehead atoms. The zero-order valence-corrected chi connectivity index (χ0v) is 20.9. The second-order valence-electron chi connectivity index (χ2n) is 9.03. The van der Waals surface area contributed by atoms with Crippen molar-refractivity contribution in [2.24, 2.45) is 0 Å². The number of fused-ring (bicyclic) bond motifs is 1. The third-order valence-electron chi connectivity index (χ3n) is 5.69. The maximum atomic E-state index is 13.6. The molecule has 6 nitrogen and oxygen atoms in total. The molecule has 0 aliphatic carbocycles.